The molecule has 6 atom stereocenters. The average molecular weight is 451 g/mol. The number of carbonyl (C=O) groups excluding carboxylic acids is 1. The molecule has 2 aliphatic rings. The molecule has 2 aliphatic heterocycles. The van der Waals surface area contributed by atoms with Crippen LogP contribution in [0, 0.1) is 11.3 Å². The van der Waals surface area contributed by atoms with Crippen molar-refractivity contribution in [3.8, 4) is 11.3 Å². The fourth-order valence-corrected chi connectivity index (χ4v) is 4.70. The smallest absolute Gasteiger partial charge is 0.272 e. The summed E-state index contributed by atoms with van der Waals surface area (Å²) in [7, 11) is 0. The van der Waals surface area contributed by atoms with E-state index in [9.17, 15) is 9.90 Å². The van der Waals surface area contributed by atoms with Gasteiger partial charge in [0, 0.05) is 35.7 Å². The second-order valence-electron chi connectivity index (χ2n) is 8.90. The normalized spacial score (nSPS) is 31.3. The molecule has 1 fully saturated rings. The van der Waals surface area contributed by atoms with E-state index in [1.165, 1.54) is 0 Å². The summed E-state index contributed by atoms with van der Waals surface area (Å²) in [5, 5.41) is 21.4. The number of nitrogens with two attached hydrogens (primary N) is 1. The number of nitrogens with one attached hydrogen (secondary N) is 1. The van der Waals surface area contributed by atoms with E-state index < -0.39 is 23.5 Å². The largest absolute Gasteiger partial charge is 0.397 e. The van der Waals surface area contributed by atoms with Crippen LogP contribution in [-0.2, 0) is 4.74 Å². The predicted molar refractivity (Wildman–Crippen MR) is 125 cm³/mol. The first-order valence-electron chi connectivity index (χ1n) is 11.2. The number of amides is 1. The summed E-state index contributed by atoms with van der Waals surface area (Å²) < 4.78 is 6.34. The number of pyridine rings is 1. The SMILES string of the molecule is CC[C@@H]1[C@H](O)C[C@H](C2(C)C=CN=CC2NC(=O)c2nc(-c3ccnnc3)ccc2N)O[C@@H]1C. The zero-order chi connectivity index (χ0) is 23.6. The van der Waals surface area contributed by atoms with Crippen LogP contribution in [0.2, 0.25) is 0 Å². The van der Waals surface area contributed by atoms with Crippen molar-refractivity contribution >= 4 is 17.8 Å². The van der Waals surface area contributed by atoms with E-state index in [0.29, 0.717) is 12.1 Å². The molecule has 9 nitrogen and oxygen atoms in total. The van der Waals surface area contributed by atoms with E-state index >= 15 is 0 Å². The van der Waals surface area contributed by atoms with Gasteiger partial charge in [-0.1, -0.05) is 19.9 Å². The highest BCUT2D eigenvalue weighted by molar-refractivity contribution is 5.99. The number of hydrogen-bond acceptors (Lipinski definition) is 8. The Morgan fingerprint density at radius 2 is 2.15 bits per heavy atom. The van der Waals surface area contributed by atoms with Gasteiger partial charge in [-0.25, -0.2) is 4.98 Å². The summed E-state index contributed by atoms with van der Waals surface area (Å²) in [6.45, 7) is 6.05. The Morgan fingerprint density at radius 1 is 1.33 bits per heavy atom. The number of carbonyl (C=O) groups is 1. The number of anilines is 1. The molecular weight excluding hydrogens is 420 g/mol. The first-order valence-corrected chi connectivity index (χ1v) is 11.2. The summed E-state index contributed by atoms with van der Waals surface area (Å²) in [5.74, 6) is -0.321. The molecule has 1 amide bonds. The van der Waals surface area contributed by atoms with E-state index in [1.807, 2.05) is 19.9 Å². The number of hydrogen-bond donors (Lipinski definition) is 3. The van der Waals surface area contributed by atoms with Crippen molar-refractivity contribution in [1.82, 2.24) is 20.5 Å². The highest BCUT2D eigenvalue weighted by Gasteiger charge is 2.47. The molecule has 33 heavy (non-hydrogen) atoms. The molecule has 2 unspecified atom stereocenters. The Kier molecular flexibility index (Phi) is 6.53. The lowest BCUT2D eigenvalue weighted by Gasteiger charge is -2.47. The van der Waals surface area contributed by atoms with Gasteiger partial charge in [0.2, 0.25) is 0 Å². The van der Waals surface area contributed by atoms with Crippen molar-refractivity contribution in [3.05, 3.63) is 48.6 Å². The highest BCUT2D eigenvalue weighted by atomic mass is 16.5. The number of aliphatic hydroxyl groups excluding tert-OH is 1. The maximum atomic E-state index is 13.3. The summed E-state index contributed by atoms with van der Waals surface area (Å²) in [6.07, 6.45) is 8.95. The molecule has 9 heteroatoms. The molecule has 0 aliphatic carbocycles. The van der Waals surface area contributed by atoms with Crippen molar-refractivity contribution in [2.45, 2.75) is 58.0 Å². The molecule has 0 radical (unpaired) electrons. The molecule has 174 valence electrons. The Hall–Kier alpha value is -3.17. The molecule has 1 saturated heterocycles. The van der Waals surface area contributed by atoms with E-state index in [1.54, 1.807) is 43.0 Å². The molecule has 4 rings (SSSR count). The van der Waals surface area contributed by atoms with Crippen molar-refractivity contribution in [3.63, 3.8) is 0 Å². The lowest BCUT2D eigenvalue weighted by atomic mass is 9.71. The molecule has 0 saturated carbocycles. The van der Waals surface area contributed by atoms with Gasteiger partial charge >= 0.3 is 0 Å². The van der Waals surface area contributed by atoms with Crippen LogP contribution in [0.15, 0.2) is 47.9 Å². The van der Waals surface area contributed by atoms with Crippen LogP contribution >= 0.6 is 0 Å². The zero-order valence-electron chi connectivity index (χ0n) is 19.0. The van der Waals surface area contributed by atoms with Gasteiger partial charge in [0.05, 0.1) is 48.1 Å². The van der Waals surface area contributed by atoms with E-state index in [2.05, 4.69) is 32.4 Å². The third kappa shape index (κ3) is 4.51. The minimum Gasteiger partial charge on any atom is -0.397 e. The summed E-state index contributed by atoms with van der Waals surface area (Å²) in [5.41, 5.74) is 7.19. The number of nitrogens with zero attached hydrogens (tertiary/aromatic N) is 4. The molecule has 4 heterocycles. The Morgan fingerprint density at radius 3 is 2.85 bits per heavy atom. The minimum absolute atomic E-state index is 0.0906. The van der Waals surface area contributed by atoms with Crippen LogP contribution in [0.5, 0.6) is 0 Å². The monoisotopic (exact) mass is 450 g/mol. The topological polar surface area (TPSA) is 136 Å². The van der Waals surface area contributed by atoms with Crippen LogP contribution in [0.1, 0.15) is 44.1 Å². The average Bonchev–Trinajstić information content (AvgIpc) is 2.81. The quantitative estimate of drug-likeness (QED) is 0.636. The number of rotatable bonds is 5. The Labute approximate surface area is 193 Å². The van der Waals surface area contributed by atoms with Gasteiger partial charge < -0.3 is 20.9 Å². The third-order valence-corrected chi connectivity index (χ3v) is 6.83. The number of aromatic nitrogens is 3. The van der Waals surface area contributed by atoms with Gasteiger partial charge in [0.25, 0.3) is 5.91 Å². The van der Waals surface area contributed by atoms with Crippen molar-refractivity contribution in [2.24, 2.45) is 16.3 Å². The standard InChI is InChI=1S/C24H30N6O3/c1-4-16-14(2)33-21(11-19(16)31)24(3)8-10-26-13-20(24)30-23(32)22-17(25)5-6-18(29-22)15-7-9-27-28-12-15/h5-10,12-14,16,19-21,31H,4,11,25H2,1-3H3,(H,30,32)/t14-,16+,19-,20?,21-,24?/m1/s1. The van der Waals surface area contributed by atoms with Gasteiger partial charge in [-0.2, -0.15) is 10.2 Å². The second-order valence-corrected chi connectivity index (χ2v) is 8.90. The Balaban J connectivity index is 1.57. The number of nitrogen functional groups attached to an aromatic ring is 1. The van der Waals surface area contributed by atoms with Crippen LogP contribution in [0.25, 0.3) is 11.3 Å². The summed E-state index contributed by atoms with van der Waals surface area (Å²) in [6, 6.07) is 4.68. The third-order valence-electron chi connectivity index (χ3n) is 6.83. The molecule has 0 aromatic carbocycles. The van der Waals surface area contributed by atoms with Gasteiger partial charge in [0.1, 0.15) is 0 Å². The maximum Gasteiger partial charge on any atom is 0.272 e. The minimum atomic E-state index is -0.604. The Bertz CT molecular complexity index is 1050. The number of ether oxygens (including phenoxy) is 1. The van der Waals surface area contributed by atoms with Gasteiger partial charge in [-0.05, 0) is 31.5 Å². The van der Waals surface area contributed by atoms with Crippen molar-refractivity contribution in [1.29, 1.82) is 0 Å². The fraction of sp³-hybridized carbons (Fsp3) is 0.458. The fourth-order valence-electron chi connectivity index (χ4n) is 4.70. The lowest BCUT2D eigenvalue weighted by molar-refractivity contribution is -0.160. The molecular formula is C24H30N6O3. The summed E-state index contributed by atoms with van der Waals surface area (Å²) >= 11 is 0. The molecule has 2 aromatic rings. The highest BCUT2D eigenvalue weighted by Crippen LogP contribution is 2.40. The van der Waals surface area contributed by atoms with E-state index in [0.717, 1.165) is 12.0 Å². The van der Waals surface area contributed by atoms with Crippen LogP contribution in [-0.4, -0.2) is 56.8 Å². The molecule has 4 N–H and O–H groups in total. The predicted octanol–water partition coefficient (Wildman–Crippen LogP) is 2.39. The van der Waals surface area contributed by atoms with Crippen LogP contribution < -0.4 is 11.1 Å². The van der Waals surface area contributed by atoms with Gasteiger partial charge in [-0.15, -0.1) is 0 Å². The zero-order valence-corrected chi connectivity index (χ0v) is 19.0. The second kappa shape index (κ2) is 9.36. The first-order chi connectivity index (χ1) is 15.8. The van der Waals surface area contributed by atoms with E-state index in [4.69, 9.17) is 10.5 Å². The first kappa shape index (κ1) is 23.0. The number of aliphatic hydroxyl groups is 1. The summed E-state index contributed by atoms with van der Waals surface area (Å²) in [4.78, 5) is 22.0. The van der Waals surface area contributed by atoms with E-state index in [-0.39, 0.29) is 29.5 Å². The van der Waals surface area contributed by atoms with Crippen LogP contribution in [0.4, 0.5) is 5.69 Å². The number of aliphatic imine (C=N–C) groups is 1. The van der Waals surface area contributed by atoms with Crippen molar-refractivity contribution < 1.29 is 14.6 Å². The van der Waals surface area contributed by atoms with Gasteiger partial charge in [-0.3, -0.25) is 9.79 Å². The van der Waals surface area contributed by atoms with Crippen LogP contribution in [0.3, 0.4) is 0 Å². The molecule has 0 spiro atoms. The molecule has 2 aromatic heterocycles. The lowest BCUT2D eigenvalue weighted by Crippen LogP contribution is -2.57. The molecule has 0 bridgehead atoms. The van der Waals surface area contributed by atoms with Gasteiger partial charge in [0.15, 0.2) is 5.69 Å². The van der Waals surface area contributed by atoms with Crippen molar-refractivity contribution in [2.75, 3.05) is 5.73 Å². The maximum absolute atomic E-state index is 13.3.